The molecule has 0 radical (unpaired) electrons. The van der Waals surface area contributed by atoms with E-state index in [9.17, 15) is 0 Å². The highest BCUT2D eigenvalue weighted by molar-refractivity contribution is 5.85. The smallest absolute Gasteiger partial charge is 0.193 e. The quantitative estimate of drug-likeness (QED) is 0.652. The maximum atomic E-state index is 4.77. The summed E-state index contributed by atoms with van der Waals surface area (Å²) >= 11 is 0. The summed E-state index contributed by atoms with van der Waals surface area (Å²) in [6.45, 7) is 5.45. The molecule has 0 spiro atoms. The minimum absolute atomic E-state index is 0.683. The molecule has 4 rings (SSSR count). The number of hydrogen-bond donors (Lipinski definition) is 1. The Kier molecular flexibility index (Phi) is 5.67. The average molecular weight is 381 g/mol. The van der Waals surface area contributed by atoms with Crippen LogP contribution in [0, 0.1) is 0 Å². The van der Waals surface area contributed by atoms with Crippen LogP contribution in [-0.2, 0) is 6.54 Å². The Hall–Kier alpha value is -2.34. The lowest BCUT2D eigenvalue weighted by atomic mass is 10.1. The largest absolute Gasteiger partial charge is 0.363 e. The molecule has 0 bridgehead atoms. The van der Waals surface area contributed by atoms with Crippen molar-refractivity contribution in [3.63, 3.8) is 0 Å². The minimum atomic E-state index is 0.683. The summed E-state index contributed by atoms with van der Waals surface area (Å²) in [6.07, 6.45) is 3.95. The second kappa shape index (κ2) is 8.35. The number of aromatic nitrogens is 1. The van der Waals surface area contributed by atoms with Crippen molar-refractivity contribution in [3.8, 4) is 0 Å². The van der Waals surface area contributed by atoms with E-state index in [0.717, 1.165) is 36.9 Å². The van der Waals surface area contributed by atoms with Gasteiger partial charge < -0.3 is 15.1 Å². The van der Waals surface area contributed by atoms with Crippen LogP contribution in [0.2, 0.25) is 0 Å². The number of nitrogens with zero attached hydrogens (tertiary/aromatic N) is 5. The zero-order valence-electron chi connectivity index (χ0n) is 17.4. The Morgan fingerprint density at radius 2 is 2.00 bits per heavy atom. The van der Waals surface area contributed by atoms with E-state index in [1.165, 1.54) is 43.3 Å². The first-order valence-electron chi connectivity index (χ1n) is 10.4. The number of nitrogens with one attached hydrogen (secondary N) is 1. The second-order valence-electron chi connectivity index (χ2n) is 8.08. The molecule has 1 aromatic heterocycles. The van der Waals surface area contributed by atoms with Crippen LogP contribution in [0.5, 0.6) is 0 Å². The van der Waals surface area contributed by atoms with Crippen molar-refractivity contribution >= 4 is 22.7 Å². The fourth-order valence-corrected chi connectivity index (χ4v) is 4.45. The van der Waals surface area contributed by atoms with Crippen LogP contribution in [0.15, 0.2) is 35.3 Å². The highest BCUT2D eigenvalue weighted by Crippen LogP contribution is 2.23. The van der Waals surface area contributed by atoms with E-state index in [1.54, 1.807) is 0 Å². The Labute approximate surface area is 168 Å². The predicted molar refractivity (Wildman–Crippen MR) is 117 cm³/mol. The van der Waals surface area contributed by atoms with E-state index in [2.05, 4.69) is 49.3 Å². The highest BCUT2D eigenvalue weighted by atomic mass is 15.3. The van der Waals surface area contributed by atoms with E-state index in [4.69, 9.17) is 4.98 Å². The summed E-state index contributed by atoms with van der Waals surface area (Å²) in [4.78, 5) is 16.5. The van der Waals surface area contributed by atoms with E-state index in [1.807, 2.05) is 27.2 Å². The predicted octanol–water partition coefficient (Wildman–Crippen LogP) is 2.55. The van der Waals surface area contributed by atoms with E-state index >= 15 is 0 Å². The number of fused-ring (bicyclic) bond motifs is 1. The molecule has 150 valence electrons. The molecule has 0 saturated carbocycles. The van der Waals surface area contributed by atoms with Gasteiger partial charge in [0.2, 0.25) is 0 Å². The van der Waals surface area contributed by atoms with Gasteiger partial charge in [-0.3, -0.25) is 9.89 Å². The van der Waals surface area contributed by atoms with Crippen LogP contribution in [0.4, 0.5) is 5.82 Å². The zero-order chi connectivity index (χ0) is 19.5. The van der Waals surface area contributed by atoms with Gasteiger partial charge in [-0.15, -0.1) is 0 Å². The van der Waals surface area contributed by atoms with Crippen molar-refractivity contribution in [2.75, 3.05) is 52.2 Å². The molecular weight excluding hydrogens is 348 g/mol. The molecule has 1 aromatic carbocycles. The molecule has 2 aromatic rings. The summed E-state index contributed by atoms with van der Waals surface area (Å²) in [5, 5.41) is 4.81. The van der Waals surface area contributed by atoms with Crippen molar-refractivity contribution in [1.29, 1.82) is 0 Å². The first-order chi connectivity index (χ1) is 13.7. The molecule has 2 aliphatic rings. The number of pyridine rings is 1. The maximum Gasteiger partial charge on any atom is 0.193 e. The number of aliphatic imine (C=N–C) groups is 1. The molecule has 2 fully saturated rings. The third kappa shape index (κ3) is 3.92. The van der Waals surface area contributed by atoms with Gasteiger partial charge in [-0.05, 0) is 50.0 Å². The summed E-state index contributed by atoms with van der Waals surface area (Å²) in [6, 6.07) is 11.2. The van der Waals surface area contributed by atoms with E-state index < -0.39 is 0 Å². The normalized spacial score (nSPS) is 20.9. The zero-order valence-corrected chi connectivity index (χ0v) is 17.4. The van der Waals surface area contributed by atoms with E-state index in [-0.39, 0.29) is 0 Å². The third-order valence-corrected chi connectivity index (χ3v) is 6.02. The number of likely N-dealkylation sites (tertiary alicyclic amines) is 2. The number of rotatable bonds is 4. The molecule has 1 N–H and O–H groups in total. The van der Waals surface area contributed by atoms with Crippen molar-refractivity contribution in [3.05, 3.63) is 35.9 Å². The Morgan fingerprint density at radius 3 is 2.75 bits per heavy atom. The van der Waals surface area contributed by atoms with Crippen LogP contribution in [0.25, 0.3) is 10.9 Å². The van der Waals surface area contributed by atoms with Crippen molar-refractivity contribution in [1.82, 2.24) is 20.1 Å². The van der Waals surface area contributed by atoms with Crippen molar-refractivity contribution in [2.24, 2.45) is 4.99 Å². The first-order valence-corrected chi connectivity index (χ1v) is 10.4. The average Bonchev–Trinajstić information content (AvgIpc) is 3.40. The van der Waals surface area contributed by atoms with Gasteiger partial charge in [-0.1, -0.05) is 18.2 Å². The third-order valence-electron chi connectivity index (χ3n) is 6.02. The first kappa shape index (κ1) is 19.0. The van der Waals surface area contributed by atoms with Gasteiger partial charge in [0.05, 0.1) is 5.52 Å². The van der Waals surface area contributed by atoms with Crippen LogP contribution in [0.1, 0.15) is 24.8 Å². The van der Waals surface area contributed by atoms with Gasteiger partial charge in [0.1, 0.15) is 5.82 Å². The fraction of sp³-hybridized carbons (Fsp3) is 0.545. The van der Waals surface area contributed by atoms with Gasteiger partial charge >= 0.3 is 0 Å². The van der Waals surface area contributed by atoms with Crippen LogP contribution in [0.3, 0.4) is 0 Å². The molecular formula is C22H32N6. The molecule has 2 aliphatic heterocycles. The van der Waals surface area contributed by atoms with Gasteiger partial charge in [0, 0.05) is 52.2 Å². The highest BCUT2D eigenvalue weighted by Gasteiger charge is 2.30. The van der Waals surface area contributed by atoms with E-state index in [0.29, 0.717) is 6.04 Å². The van der Waals surface area contributed by atoms with Crippen LogP contribution in [-0.4, -0.2) is 74.1 Å². The van der Waals surface area contributed by atoms with Crippen molar-refractivity contribution < 1.29 is 0 Å². The van der Waals surface area contributed by atoms with Crippen molar-refractivity contribution in [2.45, 2.75) is 31.8 Å². The molecule has 1 unspecified atom stereocenters. The minimum Gasteiger partial charge on any atom is -0.363 e. The summed E-state index contributed by atoms with van der Waals surface area (Å²) in [5.74, 6) is 2.00. The maximum absolute atomic E-state index is 4.77. The SMILES string of the molecule is CN=C(NCc1cc(N(C)C)nc2ccccc12)N1CCC(N2CCCC2)C1. The molecule has 3 heterocycles. The summed E-state index contributed by atoms with van der Waals surface area (Å²) in [5.41, 5.74) is 2.29. The molecule has 28 heavy (non-hydrogen) atoms. The topological polar surface area (TPSA) is 47.0 Å². The lowest BCUT2D eigenvalue weighted by molar-refractivity contribution is 0.249. The lowest BCUT2D eigenvalue weighted by Crippen LogP contribution is -2.42. The van der Waals surface area contributed by atoms with Gasteiger partial charge in [-0.2, -0.15) is 0 Å². The summed E-state index contributed by atoms with van der Waals surface area (Å²) < 4.78 is 0. The number of guanidine groups is 1. The Bertz CT molecular complexity index is 840. The Balaban J connectivity index is 1.47. The molecule has 0 amide bonds. The number of para-hydroxylation sites is 1. The molecule has 6 heteroatoms. The van der Waals surface area contributed by atoms with Gasteiger partial charge in [0.15, 0.2) is 5.96 Å². The summed E-state index contributed by atoms with van der Waals surface area (Å²) in [7, 11) is 5.97. The second-order valence-corrected chi connectivity index (χ2v) is 8.08. The van der Waals surface area contributed by atoms with Gasteiger partial charge in [0.25, 0.3) is 0 Å². The fourth-order valence-electron chi connectivity index (χ4n) is 4.45. The Morgan fingerprint density at radius 1 is 1.21 bits per heavy atom. The number of anilines is 1. The lowest BCUT2D eigenvalue weighted by Gasteiger charge is -2.25. The van der Waals surface area contributed by atoms with Crippen LogP contribution < -0.4 is 10.2 Å². The molecule has 0 aliphatic carbocycles. The number of benzene rings is 1. The monoisotopic (exact) mass is 380 g/mol. The van der Waals surface area contributed by atoms with Gasteiger partial charge in [-0.25, -0.2) is 4.98 Å². The number of hydrogen-bond acceptors (Lipinski definition) is 4. The molecule has 1 atom stereocenters. The molecule has 2 saturated heterocycles. The standard InChI is InChI=1S/C22H32N6/c1-23-22(28-13-10-18(16-28)27-11-6-7-12-27)24-15-17-14-21(26(2)3)25-20-9-5-4-8-19(17)20/h4-5,8-9,14,18H,6-7,10-13,15-16H2,1-3H3,(H,23,24). The van der Waals surface area contributed by atoms with Crippen LogP contribution >= 0.6 is 0 Å². The molecule has 6 nitrogen and oxygen atoms in total.